The van der Waals surface area contributed by atoms with E-state index in [-0.39, 0.29) is 17.5 Å². The number of rotatable bonds is 6. The lowest BCUT2D eigenvalue weighted by molar-refractivity contribution is 0.0693. The minimum absolute atomic E-state index is 0.0296. The van der Waals surface area contributed by atoms with Gasteiger partial charge in [-0.15, -0.1) is 0 Å². The molecule has 0 radical (unpaired) electrons. The smallest absolute Gasteiger partial charge is 0.254 e. The van der Waals surface area contributed by atoms with E-state index in [1.807, 2.05) is 13.8 Å². The molecule has 0 aliphatic carbocycles. The molecule has 0 aliphatic rings. The van der Waals surface area contributed by atoms with Crippen molar-refractivity contribution < 1.29 is 13.9 Å². The Bertz CT molecular complexity index is 412. The van der Waals surface area contributed by atoms with Crippen LogP contribution in [0.3, 0.4) is 0 Å². The number of carbonyl (C=O) groups excluding carboxylic acids is 1. The van der Waals surface area contributed by atoms with E-state index in [9.17, 15) is 9.18 Å². The van der Waals surface area contributed by atoms with Crippen LogP contribution in [0.2, 0.25) is 0 Å². The maximum atomic E-state index is 13.8. The van der Waals surface area contributed by atoms with Gasteiger partial charge in [0.15, 0.2) is 11.6 Å². The molecule has 1 unspecified atom stereocenters. The van der Waals surface area contributed by atoms with Crippen LogP contribution in [0.4, 0.5) is 10.2 Å². The highest BCUT2D eigenvalue weighted by Crippen LogP contribution is 2.14. The van der Waals surface area contributed by atoms with Gasteiger partial charge in [0.2, 0.25) is 0 Å². The third kappa shape index (κ3) is 3.66. The molecule has 1 aromatic rings. The quantitative estimate of drug-likeness (QED) is 0.807. The second kappa shape index (κ2) is 6.90. The van der Waals surface area contributed by atoms with Crippen LogP contribution in [0.15, 0.2) is 12.3 Å². The summed E-state index contributed by atoms with van der Waals surface area (Å²) in [4.78, 5) is 15.6. The van der Waals surface area contributed by atoms with E-state index in [1.165, 1.54) is 12.3 Å². The molecule has 18 heavy (non-hydrogen) atoms. The summed E-state index contributed by atoms with van der Waals surface area (Å²) in [5.74, 6) is -1.07. The van der Waals surface area contributed by atoms with Crippen LogP contribution in [0, 0.1) is 5.82 Å². The van der Waals surface area contributed by atoms with Crippen molar-refractivity contribution in [1.82, 2.24) is 10.3 Å². The Labute approximate surface area is 106 Å². The molecule has 5 nitrogen and oxygen atoms in total. The summed E-state index contributed by atoms with van der Waals surface area (Å²) in [5.41, 5.74) is -0.0296. The van der Waals surface area contributed by atoms with Gasteiger partial charge in [0, 0.05) is 26.4 Å². The molecule has 0 aromatic carbocycles. The highest BCUT2D eigenvalue weighted by atomic mass is 19.1. The van der Waals surface area contributed by atoms with Gasteiger partial charge < -0.3 is 15.4 Å². The van der Waals surface area contributed by atoms with E-state index in [1.54, 1.807) is 7.05 Å². The molecule has 0 fully saturated rings. The summed E-state index contributed by atoms with van der Waals surface area (Å²) >= 11 is 0. The van der Waals surface area contributed by atoms with Gasteiger partial charge in [-0.1, -0.05) is 0 Å². The van der Waals surface area contributed by atoms with Crippen molar-refractivity contribution in [3.8, 4) is 0 Å². The van der Waals surface area contributed by atoms with E-state index in [0.717, 1.165) is 0 Å². The molecule has 6 heteroatoms. The van der Waals surface area contributed by atoms with Gasteiger partial charge in [0.25, 0.3) is 5.91 Å². The third-order valence-corrected chi connectivity index (χ3v) is 2.37. The van der Waals surface area contributed by atoms with Crippen molar-refractivity contribution in [2.45, 2.75) is 20.0 Å². The fraction of sp³-hybridized carbons (Fsp3) is 0.500. The van der Waals surface area contributed by atoms with Crippen molar-refractivity contribution in [2.75, 3.05) is 25.5 Å². The van der Waals surface area contributed by atoms with E-state index >= 15 is 0 Å². The summed E-state index contributed by atoms with van der Waals surface area (Å²) < 4.78 is 19.0. The number of pyridine rings is 1. The molecule has 0 saturated heterocycles. The van der Waals surface area contributed by atoms with Gasteiger partial charge in [-0.2, -0.15) is 0 Å². The molecule has 1 aromatic heterocycles. The lowest BCUT2D eigenvalue weighted by Gasteiger charge is -2.13. The number of amides is 1. The highest BCUT2D eigenvalue weighted by molar-refractivity contribution is 5.95. The first-order chi connectivity index (χ1) is 8.60. The van der Waals surface area contributed by atoms with Crippen molar-refractivity contribution in [3.05, 3.63) is 23.6 Å². The van der Waals surface area contributed by atoms with Gasteiger partial charge in [0.1, 0.15) is 0 Å². The maximum Gasteiger partial charge on any atom is 0.254 e. The third-order valence-electron chi connectivity index (χ3n) is 2.37. The molecule has 1 atom stereocenters. The number of hydrogen-bond donors (Lipinski definition) is 2. The number of halogens is 1. The second-order valence-corrected chi connectivity index (χ2v) is 3.75. The number of aromatic nitrogens is 1. The van der Waals surface area contributed by atoms with Crippen LogP contribution in [0.25, 0.3) is 0 Å². The van der Waals surface area contributed by atoms with E-state index in [2.05, 4.69) is 15.6 Å². The molecule has 1 heterocycles. The fourth-order valence-electron chi connectivity index (χ4n) is 1.47. The lowest BCUT2D eigenvalue weighted by atomic mass is 10.2. The first-order valence-corrected chi connectivity index (χ1v) is 5.82. The molecule has 0 aliphatic heterocycles. The molecule has 0 spiro atoms. The Balaban J connectivity index is 2.67. The Kier molecular flexibility index (Phi) is 5.51. The molecule has 0 bridgehead atoms. The number of hydrogen-bond acceptors (Lipinski definition) is 4. The van der Waals surface area contributed by atoms with Gasteiger partial charge in [-0.3, -0.25) is 4.79 Å². The van der Waals surface area contributed by atoms with Crippen LogP contribution < -0.4 is 10.6 Å². The summed E-state index contributed by atoms with van der Waals surface area (Å²) in [6.45, 7) is 4.62. The van der Waals surface area contributed by atoms with Gasteiger partial charge in [-0.25, -0.2) is 9.37 Å². The molecule has 100 valence electrons. The number of ether oxygens (including phenoxy) is 1. The average Bonchev–Trinajstić information content (AvgIpc) is 2.36. The van der Waals surface area contributed by atoms with Crippen LogP contribution in [-0.4, -0.2) is 37.2 Å². The van der Waals surface area contributed by atoms with Crippen molar-refractivity contribution in [2.24, 2.45) is 0 Å². The van der Waals surface area contributed by atoms with Crippen LogP contribution in [-0.2, 0) is 4.74 Å². The molecule has 1 rings (SSSR count). The molecule has 2 N–H and O–H groups in total. The molecular formula is C12H18FN3O2. The van der Waals surface area contributed by atoms with E-state index < -0.39 is 11.7 Å². The van der Waals surface area contributed by atoms with Crippen molar-refractivity contribution >= 4 is 11.7 Å². The number of nitrogens with zero attached hydrogens (tertiary/aromatic N) is 1. The van der Waals surface area contributed by atoms with Gasteiger partial charge in [0.05, 0.1) is 11.7 Å². The first-order valence-electron chi connectivity index (χ1n) is 5.82. The first kappa shape index (κ1) is 14.4. The van der Waals surface area contributed by atoms with Crippen molar-refractivity contribution in [3.63, 3.8) is 0 Å². The van der Waals surface area contributed by atoms with Gasteiger partial charge >= 0.3 is 0 Å². The van der Waals surface area contributed by atoms with Crippen molar-refractivity contribution in [1.29, 1.82) is 0 Å². The standard InChI is InChI=1S/C12H18FN3O2/c1-4-18-8(2)7-16-12(17)9-5-6-15-11(14-3)10(9)13/h5-6,8H,4,7H2,1-3H3,(H,14,15)(H,16,17). The van der Waals surface area contributed by atoms with Crippen LogP contribution in [0.1, 0.15) is 24.2 Å². The normalized spacial score (nSPS) is 12.0. The summed E-state index contributed by atoms with van der Waals surface area (Å²) in [6, 6.07) is 1.34. The molecule has 1 amide bonds. The molecule has 0 saturated carbocycles. The SMILES string of the molecule is CCOC(C)CNC(=O)c1ccnc(NC)c1F. The topological polar surface area (TPSA) is 63.2 Å². The van der Waals surface area contributed by atoms with E-state index in [0.29, 0.717) is 13.2 Å². The Morgan fingerprint density at radius 3 is 2.94 bits per heavy atom. The van der Waals surface area contributed by atoms with E-state index in [4.69, 9.17) is 4.74 Å². The van der Waals surface area contributed by atoms with Gasteiger partial charge in [-0.05, 0) is 19.9 Å². The number of carbonyl (C=O) groups is 1. The zero-order valence-electron chi connectivity index (χ0n) is 10.8. The molecular weight excluding hydrogens is 237 g/mol. The Hall–Kier alpha value is -1.69. The predicted octanol–water partition coefficient (Wildman–Crippen LogP) is 1.42. The highest BCUT2D eigenvalue weighted by Gasteiger charge is 2.15. The number of nitrogens with one attached hydrogen (secondary N) is 2. The monoisotopic (exact) mass is 255 g/mol. The summed E-state index contributed by atoms with van der Waals surface area (Å²) in [5, 5.41) is 5.20. The predicted molar refractivity (Wildman–Crippen MR) is 67.2 cm³/mol. The Morgan fingerprint density at radius 2 is 2.33 bits per heavy atom. The Morgan fingerprint density at radius 1 is 1.61 bits per heavy atom. The maximum absolute atomic E-state index is 13.8. The number of anilines is 1. The van der Waals surface area contributed by atoms with Crippen LogP contribution in [0.5, 0.6) is 0 Å². The zero-order valence-corrected chi connectivity index (χ0v) is 10.8. The van der Waals surface area contributed by atoms with Crippen LogP contribution >= 0.6 is 0 Å². The summed E-state index contributed by atoms with van der Waals surface area (Å²) in [6.07, 6.45) is 1.28. The average molecular weight is 255 g/mol. The summed E-state index contributed by atoms with van der Waals surface area (Å²) in [7, 11) is 1.55. The fourth-order valence-corrected chi connectivity index (χ4v) is 1.47. The lowest BCUT2D eigenvalue weighted by Crippen LogP contribution is -2.32. The largest absolute Gasteiger partial charge is 0.377 e. The minimum atomic E-state index is -0.651. The second-order valence-electron chi connectivity index (χ2n) is 3.75. The zero-order chi connectivity index (χ0) is 13.5. The minimum Gasteiger partial charge on any atom is -0.377 e.